The lowest BCUT2D eigenvalue weighted by Crippen LogP contribution is -2.44. The van der Waals surface area contributed by atoms with Gasteiger partial charge in [-0.05, 0) is 51.8 Å². The Kier molecular flexibility index (Phi) is 4.93. The molecule has 0 unspecified atom stereocenters. The monoisotopic (exact) mass is 379 g/mol. The number of piperidine rings is 1. The standard InChI is InChI=1S/C20H25N7O/c1-13-11-14(2)22-20(21-13)26-9-6-7-16(12-26)19(28)23-15(3)18-25-24-17-8-4-5-10-27(17)18/h4-5,8,10-11,15-16H,6-7,9,12H2,1-3H3,(H,23,28)/t15-,16+/m1/s1. The minimum atomic E-state index is -0.224. The maximum Gasteiger partial charge on any atom is 0.225 e. The van der Waals surface area contributed by atoms with Crippen LogP contribution < -0.4 is 10.2 Å². The number of pyridine rings is 1. The highest BCUT2D eigenvalue weighted by molar-refractivity contribution is 5.79. The van der Waals surface area contributed by atoms with Crippen molar-refractivity contribution in [1.29, 1.82) is 0 Å². The molecule has 3 aromatic heterocycles. The molecule has 146 valence electrons. The topological polar surface area (TPSA) is 88.3 Å². The Balaban J connectivity index is 1.45. The van der Waals surface area contributed by atoms with Crippen LogP contribution in [0.5, 0.6) is 0 Å². The molecule has 4 heterocycles. The van der Waals surface area contributed by atoms with Gasteiger partial charge in [0, 0.05) is 30.7 Å². The second kappa shape index (κ2) is 7.53. The number of anilines is 1. The molecule has 4 rings (SSSR count). The van der Waals surface area contributed by atoms with E-state index < -0.39 is 0 Å². The van der Waals surface area contributed by atoms with Gasteiger partial charge in [-0.3, -0.25) is 9.20 Å². The smallest absolute Gasteiger partial charge is 0.225 e. The van der Waals surface area contributed by atoms with Crippen LogP contribution >= 0.6 is 0 Å². The number of hydrogen-bond donors (Lipinski definition) is 1. The van der Waals surface area contributed by atoms with Crippen LogP contribution in [0.1, 0.15) is 43.0 Å². The number of nitrogens with zero attached hydrogens (tertiary/aromatic N) is 6. The fraction of sp³-hybridized carbons (Fsp3) is 0.450. The van der Waals surface area contributed by atoms with Crippen LogP contribution in [0.25, 0.3) is 5.65 Å². The van der Waals surface area contributed by atoms with Crippen LogP contribution in [0, 0.1) is 19.8 Å². The number of carbonyl (C=O) groups is 1. The molecule has 0 radical (unpaired) electrons. The van der Waals surface area contributed by atoms with E-state index in [0.717, 1.165) is 42.2 Å². The minimum absolute atomic E-state index is 0.0363. The molecule has 0 aliphatic carbocycles. The zero-order valence-corrected chi connectivity index (χ0v) is 16.5. The van der Waals surface area contributed by atoms with Crippen molar-refractivity contribution in [2.24, 2.45) is 5.92 Å². The van der Waals surface area contributed by atoms with E-state index >= 15 is 0 Å². The Labute approximate surface area is 164 Å². The number of aryl methyl sites for hydroxylation is 2. The summed E-state index contributed by atoms with van der Waals surface area (Å²) in [6, 6.07) is 7.48. The normalized spacial score (nSPS) is 18.2. The van der Waals surface area contributed by atoms with Gasteiger partial charge in [-0.25, -0.2) is 9.97 Å². The first-order valence-corrected chi connectivity index (χ1v) is 9.68. The summed E-state index contributed by atoms with van der Waals surface area (Å²) in [5.74, 6) is 1.38. The second-order valence-corrected chi connectivity index (χ2v) is 7.45. The number of rotatable bonds is 4. The first-order chi connectivity index (χ1) is 13.5. The van der Waals surface area contributed by atoms with Gasteiger partial charge < -0.3 is 10.2 Å². The largest absolute Gasteiger partial charge is 0.346 e. The van der Waals surface area contributed by atoms with Gasteiger partial charge in [0.05, 0.1) is 12.0 Å². The van der Waals surface area contributed by atoms with E-state index in [1.807, 2.05) is 55.6 Å². The Hall–Kier alpha value is -3.03. The lowest BCUT2D eigenvalue weighted by molar-refractivity contribution is -0.126. The molecule has 28 heavy (non-hydrogen) atoms. The Bertz CT molecular complexity index is 979. The van der Waals surface area contributed by atoms with E-state index in [1.165, 1.54) is 0 Å². The van der Waals surface area contributed by atoms with Crippen LogP contribution in [-0.4, -0.2) is 43.6 Å². The predicted octanol–water partition coefficient (Wildman–Crippen LogP) is 2.23. The first kappa shape index (κ1) is 18.3. The van der Waals surface area contributed by atoms with Crippen molar-refractivity contribution < 1.29 is 4.79 Å². The molecule has 0 bridgehead atoms. The molecular formula is C20H25N7O. The Morgan fingerprint density at radius 1 is 1.21 bits per heavy atom. The predicted molar refractivity (Wildman–Crippen MR) is 106 cm³/mol. The molecule has 1 saturated heterocycles. The van der Waals surface area contributed by atoms with E-state index in [4.69, 9.17) is 0 Å². The molecule has 1 amide bonds. The van der Waals surface area contributed by atoms with Crippen molar-refractivity contribution in [2.75, 3.05) is 18.0 Å². The van der Waals surface area contributed by atoms with Crippen molar-refractivity contribution in [3.8, 4) is 0 Å². The fourth-order valence-corrected chi connectivity index (χ4v) is 3.77. The molecule has 3 aromatic rings. The molecule has 1 aliphatic heterocycles. The summed E-state index contributed by atoms with van der Waals surface area (Å²) in [6.07, 6.45) is 3.71. The molecule has 2 atom stereocenters. The summed E-state index contributed by atoms with van der Waals surface area (Å²) in [5.41, 5.74) is 2.66. The van der Waals surface area contributed by atoms with Crippen molar-refractivity contribution in [2.45, 2.75) is 39.7 Å². The highest BCUT2D eigenvalue weighted by Gasteiger charge is 2.29. The van der Waals surface area contributed by atoms with Crippen molar-refractivity contribution in [3.63, 3.8) is 0 Å². The zero-order chi connectivity index (χ0) is 19.7. The summed E-state index contributed by atoms with van der Waals surface area (Å²) < 4.78 is 1.90. The summed E-state index contributed by atoms with van der Waals surface area (Å²) in [4.78, 5) is 24.1. The molecular weight excluding hydrogens is 354 g/mol. The third kappa shape index (κ3) is 3.67. The van der Waals surface area contributed by atoms with E-state index in [1.54, 1.807) is 0 Å². The van der Waals surface area contributed by atoms with E-state index in [0.29, 0.717) is 12.5 Å². The first-order valence-electron chi connectivity index (χ1n) is 9.68. The number of hydrogen-bond acceptors (Lipinski definition) is 6. The minimum Gasteiger partial charge on any atom is -0.346 e. The lowest BCUT2D eigenvalue weighted by atomic mass is 9.97. The van der Waals surface area contributed by atoms with Crippen LogP contribution in [0.15, 0.2) is 30.5 Å². The van der Waals surface area contributed by atoms with Gasteiger partial charge >= 0.3 is 0 Å². The maximum absolute atomic E-state index is 12.9. The second-order valence-electron chi connectivity index (χ2n) is 7.45. The molecule has 1 N–H and O–H groups in total. The number of nitrogens with one attached hydrogen (secondary N) is 1. The van der Waals surface area contributed by atoms with Gasteiger partial charge in [-0.1, -0.05) is 6.07 Å². The zero-order valence-electron chi connectivity index (χ0n) is 16.5. The molecule has 0 saturated carbocycles. The molecule has 0 spiro atoms. The summed E-state index contributed by atoms with van der Waals surface area (Å²) in [7, 11) is 0. The number of carbonyl (C=O) groups excluding carboxylic acids is 1. The summed E-state index contributed by atoms with van der Waals surface area (Å²) >= 11 is 0. The highest BCUT2D eigenvalue weighted by Crippen LogP contribution is 2.22. The van der Waals surface area contributed by atoms with Crippen molar-refractivity contribution in [1.82, 2.24) is 29.9 Å². The fourth-order valence-electron chi connectivity index (χ4n) is 3.77. The van der Waals surface area contributed by atoms with Gasteiger partial charge in [-0.15, -0.1) is 10.2 Å². The van der Waals surface area contributed by atoms with Gasteiger partial charge in [0.2, 0.25) is 11.9 Å². The number of aromatic nitrogens is 5. The van der Waals surface area contributed by atoms with Gasteiger partial charge in [0.15, 0.2) is 11.5 Å². The average Bonchev–Trinajstić information content (AvgIpc) is 3.11. The summed E-state index contributed by atoms with van der Waals surface area (Å²) in [6.45, 7) is 7.38. The van der Waals surface area contributed by atoms with Crippen LogP contribution in [0.4, 0.5) is 5.95 Å². The maximum atomic E-state index is 12.9. The van der Waals surface area contributed by atoms with Gasteiger partial charge in [-0.2, -0.15) is 0 Å². The number of fused-ring (bicyclic) bond motifs is 1. The van der Waals surface area contributed by atoms with Crippen molar-refractivity contribution in [3.05, 3.63) is 47.7 Å². The molecule has 1 fully saturated rings. The lowest BCUT2D eigenvalue weighted by Gasteiger charge is -2.32. The molecule has 8 nitrogen and oxygen atoms in total. The van der Waals surface area contributed by atoms with Crippen LogP contribution in [-0.2, 0) is 4.79 Å². The van der Waals surface area contributed by atoms with Crippen LogP contribution in [0.3, 0.4) is 0 Å². The third-order valence-corrected chi connectivity index (χ3v) is 5.13. The average molecular weight is 379 g/mol. The Morgan fingerprint density at radius 3 is 2.79 bits per heavy atom. The number of amides is 1. The molecule has 8 heteroatoms. The Morgan fingerprint density at radius 2 is 2.00 bits per heavy atom. The SMILES string of the molecule is Cc1cc(C)nc(N2CCC[C@H](C(=O)N[C@H](C)c3nnc4ccccn34)C2)n1. The van der Waals surface area contributed by atoms with E-state index in [9.17, 15) is 4.79 Å². The quantitative estimate of drug-likeness (QED) is 0.748. The van der Waals surface area contributed by atoms with E-state index in [2.05, 4.69) is 30.4 Å². The van der Waals surface area contributed by atoms with Crippen LogP contribution in [0.2, 0.25) is 0 Å². The van der Waals surface area contributed by atoms with Gasteiger partial charge in [0.25, 0.3) is 0 Å². The summed E-state index contributed by atoms with van der Waals surface area (Å²) in [5, 5.41) is 11.5. The van der Waals surface area contributed by atoms with Crippen molar-refractivity contribution >= 4 is 17.5 Å². The molecule has 1 aliphatic rings. The highest BCUT2D eigenvalue weighted by atomic mass is 16.2. The van der Waals surface area contributed by atoms with E-state index in [-0.39, 0.29) is 17.9 Å². The van der Waals surface area contributed by atoms with Gasteiger partial charge in [0.1, 0.15) is 0 Å². The third-order valence-electron chi connectivity index (χ3n) is 5.13. The molecule has 0 aromatic carbocycles.